The summed E-state index contributed by atoms with van der Waals surface area (Å²) >= 11 is 3.70. The minimum Gasteiger partial charge on any atom is -0.352 e. The van der Waals surface area contributed by atoms with Gasteiger partial charge in [-0.05, 0) is 37.5 Å². The maximum atomic E-state index is 12.1. The van der Waals surface area contributed by atoms with E-state index in [1.54, 1.807) is 0 Å². The van der Waals surface area contributed by atoms with Gasteiger partial charge in [-0.1, -0.05) is 35.2 Å². The molecule has 3 heteroatoms. The van der Waals surface area contributed by atoms with E-state index in [4.69, 9.17) is 0 Å². The highest BCUT2D eigenvalue weighted by Gasteiger charge is 2.56. The molecule has 0 radical (unpaired) electrons. The zero-order valence-corrected chi connectivity index (χ0v) is 11.2. The molecule has 0 aromatic carbocycles. The minimum atomic E-state index is 0.353. The maximum absolute atomic E-state index is 12.1. The van der Waals surface area contributed by atoms with Gasteiger partial charge in [-0.15, -0.1) is 0 Å². The van der Waals surface area contributed by atoms with Crippen molar-refractivity contribution in [1.82, 2.24) is 5.32 Å². The van der Waals surface area contributed by atoms with Gasteiger partial charge in [-0.3, -0.25) is 4.79 Å². The Morgan fingerprint density at radius 3 is 2.38 bits per heavy atom. The Morgan fingerprint density at radius 2 is 1.69 bits per heavy atom. The van der Waals surface area contributed by atoms with E-state index in [2.05, 4.69) is 21.2 Å². The monoisotopic (exact) mass is 285 g/mol. The molecule has 90 valence electrons. The summed E-state index contributed by atoms with van der Waals surface area (Å²) in [6.45, 7) is 0. The van der Waals surface area contributed by atoms with E-state index in [0.29, 0.717) is 22.7 Å². The summed E-state index contributed by atoms with van der Waals surface area (Å²) in [7, 11) is 0. The molecule has 0 heterocycles. The molecular weight excluding hydrogens is 266 g/mol. The molecule has 0 saturated heterocycles. The Bertz CT molecular complexity index is 284. The highest BCUT2D eigenvalue weighted by atomic mass is 79.9. The van der Waals surface area contributed by atoms with Gasteiger partial charge in [0.15, 0.2) is 0 Å². The van der Waals surface area contributed by atoms with Crippen LogP contribution < -0.4 is 5.32 Å². The summed E-state index contributed by atoms with van der Waals surface area (Å²) in [4.78, 5) is 12.6. The van der Waals surface area contributed by atoms with Crippen LogP contribution in [0, 0.1) is 17.8 Å². The Hall–Kier alpha value is -0.0500. The maximum Gasteiger partial charge on any atom is 0.223 e. The van der Waals surface area contributed by atoms with E-state index in [0.717, 1.165) is 18.3 Å². The van der Waals surface area contributed by atoms with Gasteiger partial charge in [0.05, 0.1) is 0 Å². The molecule has 0 aliphatic heterocycles. The van der Waals surface area contributed by atoms with Gasteiger partial charge in [0.2, 0.25) is 5.91 Å². The first kappa shape index (κ1) is 11.1. The molecule has 1 N–H and O–H groups in total. The first-order chi connectivity index (χ1) is 7.77. The summed E-state index contributed by atoms with van der Waals surface area (Å²) in [5.41, 5.74) is 0. The molecule has 4 atom stereocenters. The van der Waals surface area contributed by atoms with Gasteiger partial charge in [0, 0.05) is 16.8 Å². The third-order valence-corrected chi connectivity index (χ3v) is 5.81. The molecule has 3 rings (SSSR count). The fraction of sp³-hybridized carbons (Fsp3) is 0.923. The smallest absolute Gasteiger partial charge is 0.223 e. The number of rotatable bonds is 2. The highest BCUT2D eigenvalue weighted by Crippen LogP contribution is 2.57. The molecule has 3 aliphatic carbocycles. The fourth-order valence-electron chi connectivity index (χ4n) is 3.74. The van der Waals surface area contributed by atoms with E-state index >= 15 is 0 Å². The van der Waals surface area contributed by atoms with E-state index in [9.17, 15) is 4.79 Å². The van der Waals surface area contributed by atoms with Crippen LogP contribution in [0.15, 0.2) is 0 Å². The number of amides is 1. The Labute approximate surface area is 106 Å². The Balaban J connectivity index is 1.52. The predicted octanol–water partition coefficient (Wildman–Crippen LogP) is 2.85. The summed E-state index contributed by atoms with van der Waals surface area (Å²) < 4.78 is 0. The van der Waals surface area contributed by atoms with Crippen LogP contribution in [-0.2, 0) is 4.79 Å². The molecular formula is C13H20BrNO. The van der Waals surface area contributed by atoms with Crippen LogP contribution in [0.3, 0.4) is 0 Å². The van der Waals surface area contributed by atoms with Crippen molar-refractivity contribution in [2.24, 2.45) is 17.8 Å². The second-order valence-electron chi connectivity index (χ2n) is 5.70. The van der Waals surface area contributed by atoms with Crippen LogP contribution >= 0.6 is 15.9 Å². The van der Waals surface area contributed by atoms with Crippen molar-refractivity contribution in [3.8, 4) is 0 Å². The zero-order chi connectivity index (χ0) is 11.1. The molecule has 16 heavy (non-hydrogen) atoms. The van der Waals surface area contributed by atoms with E-state index in [1.165, 1.54) is 38.5 Å². The molecule has 0 bridgehead atoms. The van der Waals surface area contributed by atoms with Crippen molar-refractivity contribution in [2.75, 3.05) is 0 Å². The Kier molecular flexibility index (Phi) is 2.99. The molecule has 0 aromatic heterocycles. The number of hydrogen-bond donors (Lipinski definition) is 1. The highest BCUT2D eigenvalue weighted by molar-refractivity contribution is 9.09. The van der Waals surface area contributed by atoms with Crippen molar-refractivity contribution in [2.45, 2.75) is 55.8 Å². The minimum absolute atomic E-state index is 0.353. The number of carbonyl (C=O) groups excluding carboxylic acids is 1. The van der Waals surface area contributed by atoms with E-state index < -0.39 is 0 Å². The lowest BCUT2D eigenvalue weighted by atomic mass is 9.95. The van der Waals surface area contributed by atoms with Gasteiger partial charge in [0.25, 0.3) is 0 Å². The van der Waals surface area contributed by atoms with Crippen LogP contribution in [0.25, 0.3) is 0 Å². The van der Waals surface area contributed by atoms with Gasteiger partial charge in [-0.25, -0.2) is 0 Å². The second-order valence-corrected chi connectivity index (χ2v) is 6.88. The SMILES string of the molecule is O=C(NC1CCCCC1Br)C1C2CCCC21. The normalized spacial score (nSPS) is 46.2. The number of halogens is 1. The fourth-order valence-corrected chi connectivity index (χ4v) is 4.46. The van der Waals surface area contributed by atoms with Gasteiger partial charge in [-0.2, -0.15) is 0 Å². The first-order valence-electron chi connectivity index (χ1n) is 6.72. The van der Waals surface area contributed by atoms with Crippen LogP contribution in [0.5, 0.6) is 0 Å². The van der Waals surface area contributed by atoms with Gasteiger partial charge < -0.3 is 5.32 Å². The van der Waals surface area contributed by atoms with Gasteiger partial charge in [0.1, 0.15) is 0 Å². The lowest BCUT2D eigenvalue weighted by molar-refractivity contribution is -0.123. The van der Waals surface area contributed by atoms with E-state index in [1.807, 2.05) is 0 Å². The third kappa shape index (κ3) is 1.92. The number of fused-ring (bicyclic) bond motifs is 1. The van der Waals surface area contributed by atoms with Crippen molar-refractivity contribution in [1.29, 1.82) is 0 Å². The summed E-state index contributed by atoms with van der Waals surface area (Å²) in [5, 5.41) is 3.27. The van der Waals surface area contributed by atoms with Crippen molar-refractivity contribution in [3.63, 3.8) is 0 Å². The second kappa shape index (κ2) is 4.32. The molecule has 3 aliphatic rings. The summed E-state index contributed by atoms with van der Waals surface area (Å²) in [6.07, 6.45) is 8.88. The van der Waals surface area contributed by atoms with Crippen LogP contribution in [0.1, 0.15) is 44.9 Å². The average Bonchev–Trinajstić information content (AvgIpc) is 2.76. The molecule has 3 fully saturated rings. The summed E-state index contributed by atoms with van der Waals surface area (Å²) in [6, 6.07) is 0.391. The van der Waals surface area contributed by atoms with Crippen LogP contribution in [-0.4, -0.2) is 16.8 Å². The van der Waals surface area contributed by atoms with Gasteiger partial charge >= 0.3 is 0 Å². The lowest BCUT2D eigenvalue weighted by Crippen LogP contribution is -2.43. The van der Waals surface area contributed by atoms with Crippen LogP contribution in [0.2, 0.25) is 0 Å². The molecule has 3 saturated carbocycles. The standard InChI is InChI=1S/C13H20BrNO/c14-10-6-1-2-7-11(10)15-13(16)12-8-4-3-5-9(8)12/h8-12H,1-7H2,(H,15,16). The number of alkyl halides is 1. The largest absolute Gasteiger partial charge is 0.352 e. The van der Waals surface area contributed by atoms with E-state index in [-0.39, 0.29) is 0 Å². The Morgan fingerprint density at radius 1 is 1.00 bits per heavy atom. The molecule has 0 aromatic rings. The van der Waals surface area contributed by atoms with Crippen LogP contribution in [0.4, 0.5) is 0 Å². The van der Waals surface area contributed by atoms with Crippen molar-refractivity contribution < 1.29 is 4.79 Å². The van der Waals surface area contributed by atoms with Crippen molar-refractivity contribution in [3.05, 3.63) is 0 Å². The molecule has 0 spiro atoms. The third-order valence-electron chi connectivity index (χ3n) is 4.72. The predicted molar refractivity (Wildman–Crippen MR) is 67.4 cm³/mol. The molecule has 1 amide bonds. The quantitative estimate of drug-likeness (QED) is 0.777. The number of nitrogens with one attached hydrogen (secondary N) is 1. The first-order valence-corrected chi connectivity index (χ1v) is 7.63. The molecule has 4 unspecified atom stereocenters. The number of carbonyl (C=O) groups is 1. The zero-order valence-electron chi connectivity index (χ0n) is 9.62. The topological polar surface area (TPSA) is 29.1 Å². The lowest BCUT2D eigenvalue weighted by Gasteiger charge is -2.28. The average molecular weight is 286 g/mol. The molecule has 2 nitrogen and oxygen atoms in total. The number of hydrogen-bond acceptors (Lipinski definition) is 1. The van der Waals surface area contributed by atoms with Crippen molar-refractivity contribution >= 4 is 21.8 Å². The summed E-state index contributed by atoms with van der Waals surface area (Å²) in [5.74, 6) is 2.23.